The molecule has 0 saturated heterocycles. The maximum absolute atomic E-state index is 12.2. The molecule has 0 aliphatic carbocycles. The molecule has 0 aliphatic rings. The Labute approximate surface area is 124 Å². The number of carbonyl (C=O) groups is 1. The minimum absolute atomic E-state index is 0.0547. The molecule has 1 heterocycles. The summed E-state index contributed by atoms with van der Waals surface area (Å²) in [5, 5.41) is 0. The van der Waals surface area contributed by atoms with Gasteiger partial charge in [-0.1, -0.05) is 0 Å². The Balaban J connectivity index is 1.99. The van der Waals surface area contributed by atoms with Gasteiger partial charge < -0.3 is 10.6 Å². The number of carbonyl (C=O) groups excluding carboxylic acids is 1. The van der Waals surface area contributed by atoms with Crippen molar-refractivity contribution in [1.29, 1.82) is 0 Å². The highest BCUT2D eigenvalue weighted by atomic mass is 32.2. The zero-order valence-electron chi connectivity index (χ0n) is 11.5. The van der Waals surface area contributed by atoms with Gasteiger partial charge in [0.25, 0.3) is 0 Å². The second kappa shape index (κ2) is 6.32. The zero-order chi connectivity index (χ0) is 14.7. The lowest BCUT2D eigenvalue weighted by molar-refractivity contribution is -0.128. The largest absolute Gasteiger partial charge is 0.399 e. The number of thiazole rings is 1. The molecule has 0 radical (unpaired) electrons. The third kappa shape index (κ3) is 3.55. The molecule has 0 saturated carbocycles. The van der Waals surface area contributed by atoms with Crippen LogP contribution in [0.5, 0.6) is 0 Å². The first-order valence-electron chi connectivity index (χ1n) is 6.22. The molecule has 108 valence electrons. The molecule has 1 aromatic carbocycles. The molecule has 1 amide bonds. The van der Waals surface area contributed by atoms with Crippen LogP contribution in [0.3, 0.4) is 0 Å². The summed E-state index contributed by atoms with van der Waals surface area (Å²) >= 11 is 1.40. The van der Waals surface area contributed by atoms with Gasteiger partial charge in [-0.25, -0.2) is 4.98 Å². The van der Waals surface area contributed by atoms with Crippen molar-refractivity contribution in [2.75, 3.05) is 25.6 Å². The van der Waals surface area contributed by atoms with Crippen molar-refractivity contribution < 1.29 is 9.00 Å². The van der Waals surface area contributed by atoms with Crippen LogP contribution in [0.15, 0.2) is 22.5 Å². The SMILES string of the molecule is CN(C)C(=O)CCCS(=O)c1nc2ccc(N)cc2s1. The normalized spacial score (nSPS) is 12.5. The fourth-order valence-electron chi connectivity index (χ4n) is 1.68. The molecule has 1 aromatic heterocycles. The first-order chi connectivity index (χ1) is 9.47. The van der Waals surface area contributed by atoms with Gasteiger partial charge in [0, 0.05) is 32.0 Å². The molecule has 0 fully saturated rings. The van der Waals surface area contributed by atoms with Crippen LogP contribution in [-0.2, 0) is 15.6 Å². The first-order valence-corrected chi connectivity index (χ1v) is 8.35. The number of hydrogen-bond donors (Lipinski definition) is 1. The lowest BCUT2D eigenvalue weighted by atomic mass is 10.3. The third-order valence-electron chi connectivity index (χ3n) is 2.81. The molecule has 5 nitrogen and oxygen atoms in total. The summed E-state index contributed by atoms with van der Waals surface area (Å²) in [7, 11) is 2.28. The standard InChI is InChI=1S/C13H17N3O2S2/c1-16(2)12(17)4-3-7-20(18)13-15-10-6-5-9(14)8-11(10)19-13/h5-6,8H,3-4,7,14H2,1-2H3. The molecule has 2 aromatic rings. The molecule has 0 spiro atoms. The number of nitrogens with two attached hydrogens (primary N) is 1. The maximum atomic E-state index is 12.2. The summed E-state index contributed by atoms with van der Waals surface area (Å²) in [6.07, 6.45) is 1.01. The number of anilines is 1. The van der Waals surface area contributed by atoms with Gasteiger partial charge in [-0.05, 0) is 24.6 Å². The van der Waals surface area contributed by atoms with Gasteiger partial charge in [0.05, 0.1) is 21.0 Å². The molecule has 7 heteroatoms. The summed E-state index contributed by atoms with van der Waals surface area (Å²) < 4.78 is 13.7. The Morgan fingerprint density at radius 3 is 2.90 bits per heavy atom. The van der Waals surface area contributed by atoms with Crippen LogP contribution < -0.4 is 5.73 Å². The average Bonchev–Trinajstić information content (AvgIpc) is 2.81. The predicted octanol–water partition coefficient (Wildman–Crippen LogP) is 1.85. The van der Waals surface area contributed by atoms with E-state index in [1.807, 2.05) is 12.1 Å². The van der Waals surface area contributed by atoms with Crippen molar-refractivity contribution in [2.24, 2.45) is 0 Å². The van der Waals surface area contributed by atoms with Gasteiger partial charge in [0.1, 0.15) is 0 Å². The molecule has 20 heavy (non-hydrogen) atoms. The van der Waals surface area contributed by atoms with Gasteiger partial charge in [0.15, 0.2) is 4.34 Å². The van der Waals surface area contributed by atoms with E-state index in [2.05, 4.69) is 4.98 Å². The molecule has 0 aliphatic heterocycles. The number of aromatic nitrogens is 1. The fraction of sp³-hybridized carbons (Fsp3) is 0.385. The molecular formula is C13H17N3O2S2. The highest BCUT2D eigenvalue weighted by Crippen LogP contribution is 2.26. The Morgan fingerprint density at radius 2 is 2.20 bits per heavy atom. The Bertz CT molecular complexity index is 652. The van der Waals surface area contributed by atoms with Crippen LogP contribution in [0.25, 0.3) is 10.2 Å². The zero-order valence-corrected chi connectivity index (χ0v) is 13.1. The lowest BCUT2D eigenvalue weighted by Crippen LogP contribution is -2.21. The number of amides is 1. The number of rotatable bonds is 5. The van der Waals surface area contributed by atoms with E-state index in [1.54, 1.807) is 25.1 Å². The van der Waals surface area contributed by atoms with Crippen molar-refractivity contribution in [3.05, 3.63) is 18.2 Å². The molecule has 2 rings (SSSR count). The minimum atomic E-state index is -1.16. The summed E-state index contributed by atoms with van der Waals surface area (Å²) in [5.41, 5.74) is 7.20. The average molecular weight is 311 g/mol. The Morgan fingerprint density at radius 1 is 1.45 bits per heavy atom. The van der Waals surface area contributed by atoms with Crippen molar-refractivity contribution in [3.8, 4) is 0 Å². The Hall–Kier alpha value is -1.47. The topological polar surface area (TPSA) is 76.3 Å². The van der Waals surface area contributed by atoms with Crippen molar-refractivity contribution in [3.63, 3.8) is 0 Å². The van der Waals surface area contributed by atoms with Crippen LogP contribution in [0.2, 0.25) is 0 Å². The van der Waals surface area contributed by atoms with Gasteiger partial charge >= 0.3 is 0 Å². The van der Waals surface area contributed by atoms with Crippen LogP contribution >= 0.6 is 11.3 Å². The highest BCUT2D eigenvalue weighted by Gasteiger charge is 2.12. The van der Waals surface area contributed by atoms with E-state index in [1.165, 1.54) is 11.3 Å². The van der Waals surface area contributed by atoms with Gasteiger partial charge in [-0.15, -0.1) is 11.3 Å². The van der Waals surface area contributed by atoms with Crippen molar-refractivity contribution in [2.45, 2.75) is 17.2 Å². The second-order valence-electron chi connectivity index (χ2n) is 4.65. The summed E-state index contributed by atoms with van der Waals surface area (Å²) in [6, 6.07) is 5.45. The second-order valence-corrected chi connectivity index (χ2v) is 7.42. The van der Waals surface area contributed by atoms with Crippen LogP contribution in [-0.4, -0.2) is 39.8 Å². The summed E-state index contributed by atoms with van der Waals surface area (Å²) in [4.78, 5) is 17.3. The van der Waals surface area contributed by atoms with E-state index < -0.39 is 10.8 Å². The number of fused-ring (bicyclic) bond motifs is 1. The van der Waals surface area contributed by atoms with E-state index in [9.17, 15) is 9.00 Å². The van der Waals surface area contributed by atoms with Crippen molar-refractivity contribution >= 4 is 43.9 Å². The predicted molar refractivity (Wildman–Crippen MR) is 83.2 cm³/mol. The summed E-state index contributed by atoms with van der Waals surface area (Å²) in [6.45, 7) is 0. The maximum Gasteiger partial charge on any atom is 0.222 e. The number of nitrogen functional groups attached to an aromatic ring is 1. The van der Waals surface area contributed by atoms with Gasteiger partial charge in [0.2, 0.25) is 5.91 Å². The first kappa shape index (κ1) is 14.9. The van der Waals surface area contributed by atoms with Crippen LogP contribution in [0.1, 0.15) is 12.8 Å². The van der Waals surface area contributed by atoms with E-state index in [-0.39, 0.29) is 5.91 Å². The van der Waals surface area contributed by atoms with Gasteiger partial charge in [-0.3, -0.25) is 9.00 Å². The third-order valence-corrected chi connectivity index (χ3v) is 5.57. The summed E-state index contributed by atoms with van der Waals surface area (Å²) in [5.74, 6) is 0.508. The monoisotopic (exact) mass is 311 g/mol. The number of hydrogen-bond acceptors (Lipinski definition) is 5. The molecule has 1 atom stereocenters. The van der Waals surface area contributed by atoms with Crippen molar-refractivity contribution in [1.82, 2.24) is 9.88 Å². The van der Waals surface area contributed by atoms with Gasteiger partial charge in [-0.2, -0.15) is 0 Å². The highest BCUT2D eigenvalue weighted by molar-refractivity contribution is 7.87. The quantitative estimate of drug-likeness (QED) is 0.855. The smallest absolute Gasteiger partial charge is 0.222 e. The molecular weight excluding hydrogens is 294 g/mol. The van der Waals surface area contributed by atoms with Crippen LogP contribution in [0, 0.1) is 0 Å². The minimum Gasteiger partial charge on any atom is -0.399 e. The Kier molecular flexibility index (Phi) is 4.72. The van der Waals surface area contributed by atoms with E-state index in [0.29, 0.717) is 28.6 Å². The number of nitrogens with zero attached hydrogens (tertiary/aromatic N) is 2. The van der Waals surface area contributed by atoms with Crippen LogP contribution in [0.4, 0.5) is 5.69 Å². The fourth-order valence-corrected chi connectivity index (χ4v) is 4.10. The van der Waals surface area contributed by atoms with E-state index >= 15 is 0 Å². The molecule has 1 unspecified atom stereocenters. The number of benzene rings is 1. The molecule has 0 bridgehead atoms. The van der Waals surface area contributed by atoms with E-state index in [4.69, 9.17) is 5.73 Å². The van der Waals surface area contributed by atoms with E-state index in [0.717, 1.165) is 10.2 Å². The molecule has 2 N–H and O–H groups in total. The lowest BCUT2D eigenvalue weighted by Gasteiger charge is -2.08.